The summed E-state index contributed by atoms with van der Waals surface area (Å²) < 4.78 is 13.1. The van der Waals surface area contributed by atoms with Crippen molar-refractivity contribution in [3.8, 4) is 5.75 Å². The molecule has 7 nitrogen and oxygen atoms in total. The lowest BCUT2D eigenvalue weighted by atomic mass is 10.2. The number of H-pyrrole nitrogens is 1. The van der Waals surface area contributed by atoms with Crippen LogP contribution in [0.25, 0.3) is 21.9 Å². The van der Waals surface area contributed by atoms with E-state index in [9.17, 15) is 0 Å². The maximum Gasteiger partial charge on any atom is 0.178 e. The standard InChI is InChI=1S/C20H21N5O2S/c1-26-9-3-8-25-18-11-16-15(10-17(18)24-20(25)28)19(22-12-21-16)23-13-4-6-14(27-2)7-5-13/h4-7,10-12H,3,8-9H2,1-2H3,(H,24,28)(H,21,22,23). The van der Waals surface area contributed by atoms with Gasteiger partial charge in [0.2, 0.25) is 0 Å². The summed E-state index contributed by atoms with van der Waals surface area (Å²) in [5, 5.41) is 4.28. The maximum atomic E-state index is 5.51. The van der Waals surface area contributed by atoms with Crippen molar-refractivity contribution in [2.75, 3.05) is 26.1 Å². The highest BCUT2D eigenvalue weighted by Crippen LogP contribution is 2.28. The topological polar surface area (TPSA) is 77.0 Å². The number of rotatable bonds is 7. The van der Waals surface area contributed by atoms with Crippen molar-refractivity contribution in [2.24, 2.45) is 0 Å². The molecular weight excluding hydrogens is 374 g/mol. The van der Waals surface area contributed by atoms with E-state index < -0.39 is 0 Å². The summed E-state index contributed by atoms with van der Waals surface area (Å²) in [6.45, 7) is 1.49. The fourth-order valence-electron chi connectivity index (χ4n) is 3.21. The molecule has 0 unspecified atom stereocenters. The minimum Gasteiger partial charge on any atom is -0.497 e. The predicted octanol–water partition coefficient (Wildman–Crippen LogP) is 4.43. The summed E-state index contributed by atoms with van der Waals surface area (Å²) in [5.74, 6) is 1.55. The van der Waals surface area contributed by atoms with Crippen LogP contribution in [0.2, 0.25) is 0 Å². The van der Waals surface area contributed by atoms with Gasteiger partial charge in [0.15, 0.2) is 4.77 Å². The van der Waals surface area contributed by atoms with E-state index in [0.717, 1.165) is 52.2 Å². The van der Waals surface area contributed by atoms with E-state index in [-0.39, 0.29) is 0 Å². The third kappa shape index (κ3) is 3.56. The molecule has 0 spiro atoms. The summed E-state index contributed by atoms with van der Waals surface area (Å²) in [4.78, 5) is 12.2. The van der Waals surface area contributed by atoms with Crippen LogP contribution in [0.3, 0.4) is 0 Å². The summed E-state index contributed by atoms with van der Waals surface area (Å²) >= 11 is 5.51. The Morgan fingerprint density at radius 2 is 1.96 bits per heavy atom. The third-order valence-corrected chi connectivity index (χ3v) is 4.94. The lowest BCUT2D eigenvalue weighted by Crippen LogP contribution is -2.01. The number of hydrogen-bond acceptors (Lipinski definition) is 6. The van der Waals surface area contributed by atoms with Gasteiger partial charge >= 0.3 is 0 Å². The van der Waals surface area contributed by atoms with Gasteiger partial charge in [-0.1, -0.05) is 0 Å². The van der Waals surface area contributed by atoms with Crippen molar-refractivity contribution in [1.82, 2.24) is 19.5 Å². The predicted molar refractivity (Wildman–Crippen MR) is 113 cm³/mol. The second-order valence-electron chi connectivity index (χ2n) is 6.39. The van der Waals surface area contributed by atoms with E-state index in [1.54, 1.807) is 20.5 Å². The number of nitrogens with zero attached hydrogens (tertiary/aromatic N) is 3. The minimum absolute atomic E-state index is 0.694. The van der Waals surface area contributed by atoms with Gasteiger partial charge in [-0.3, -0.25) is 0 Å². The van der Waals surface area contributed by atoms with Gasteiger partial charge in [0.25, 0.3) is 0 Å². The second kappa shape index (κ2) is 7.95. The number of fused-ring (bicyclic) bond motifs is 2. The number of aromatic amines is 1. The molecule has 0 amide bonds. The molecule has 0 atom stereocenters. The molecule has 0 aliphatic carbocycles. The smallest absolute Gasteiger partial charge is 0.178 e. The van der Waals surface area contributed by atoms with Crippen molar-refractivity contribution in [1.29, 1.82) is 0 Å². The molecule has 0 bridgehead atoms. The van der Waals surface area contributed by atoms with E-state index in [0.29, 0.717) is 11.4 Å². The first-order valence-electron chi connectivity index (χ1n) is 8.97. The normalized spacial score (nSPS) is 11.2. The molecular formula is C20H21N5O2S. The zero-order valence-electron chi connectivity index (χ0n) is 15.7. The summed E-state index contributed by atoms with van der Waals surface area (Å²) in [5.41, 5.74) is 3.77. The van der Waals surface area contributed by atoms with Crippen LogP contribution in [0.4, 0.5) is 11.5 Å². The molecule has 4 rings (SSSR count). The molecule has 4 aromatic rings. The molecule has 2 heterocycles. The first-order valence-corrected chi connectivity index (χ1v) is 9.37. The van der Waals surface area contributed by atoms with Gasteiger partial charge in [-0.2, -0.15) is 0 Å². The maximum absolute atomic E-state index is 5.51. The van der Waals surface area contributed by atoms with Crippen LogP contribution in [0, 0.1) is 4.77 Å². The number of aryl methyl sites for hydroxylation is 1. The number of nitrogens with one attached hydrogen (secondary N) is 2. The Bertz CT molecular complexity index is 1170. The average Bonchev–Trinajstić information content (AvgIpc) is 3.02. The molecule has 0 saturated heterocycles. The lowest BCUT2D eigenvalue weighted by molar-refractivity contribution is 0.190. The van der Waals surface area contributed by atoms with Gasteiger partial charge < -0.3 is 24.3 Å². The molecule has 0 radical (unpaired) electrons. The molecule has 8 heteroatoms. The fraction of sp³-hybridized carbons (Fsp3) is 0.250. The molecule has 2 aromatic carbocycles. The largest absolute Gasteiger partial charge is 0.497 e. The van der Waals surface area contributed by atoms with E-state index in [1.165, 1.54) is 0 Å². The van der Waals surface area contributed by atoms with Gasteiger partial charge in [0.1, 0.15) is 17.9 Å². The number of methoxy groups -OCH3 is 2. The van der Waals surface area contributed by atoms with Crippen LogP contribution >= 0.6 is 12.2 Å². The molecule has 2 aromatic heterocycles. The lowest BCUT2D eigenvalue weighted by Gasteiger charge is -2.10. The zero-order valence-corrected chi connectivity index (χ0v) is 16.5. The van der Waals surface area contributed by atoms with Crippen LogP contribution in [0.5, 0.6) is 5.75 Å². The summed E-state index contributed by atoms with van der Waals surface area (Å²) in [7, 11) is 3.35. The van der Waals surface area contributed by atoms with Crippen molar-refractivity contribution in [2.45, 2.75) is 13.0 Å². The van der Waals surface area contributed by atoms with Crippen LogP contribution < -0.4 is 10.1 Å². The Hall–Kier alpha value is -2.97. The number of imidazole rings is 1. The number of benzene rings is 2. The molecule has 0 aliphatic heterocycles. The minimum atomic E-state index is 0.694. The Labute approximate surface area is 167 Å². The van der Waals surface area contributed by atoms with Crippen molar-refractivity contribution < 1.29 is 9.47 Å². The van der Waals surface area contributed by atoms with Gasteiger partial charge in [0, 0.05) is 31.3 Å². The van der Waals surface area contributed by atoms with E-state index in [4.69, 9.17) is 21.7 Å². The first-order chi connectivity index (χ1) is 13.7. The van der Waals surface area contributed by atoms with Crippen LogP contribution in [0.1, 0.15) is 6.42 Å². The highest BCUT2D eigenvalue weighted by atomic mass is 32.1. The van der Waals surface area contributed by atoms with E-state index >= 15 is 0 Å². The summed E-state index contributed by atoms with van der Waals surface area (Å²) in [6.07, 6.45) is 2.46. The highest BCUT2D eigenvalue weighted by Gasteiger charge is 2.10. The number of anilines is 2. The molecule has 28 heavy (non-hydrogen) atoms. The number of aromatic nitrogens is 4. The molecule has 2 N–H and O–H groups in total. The van der Waals surface area contributed by atoms with Crippen molar-refractivity contribution >= 4 is 45.7 Å². The van der Waals surface area contributed by atoms with Gasteiger partial charge in [-0.15, -0.1) is 0 Å². The van der Waals surface area contributed by atoms with Gasteiger partial charge in [0.05, 0.1) is 23.7 Å². The van der Waals surface area contributed by atoms with Crippen molar-refractivity contribution in [3.63, 3.8) is 0 Å². The zero-order chi connectivity index (χ0) is 19.5. The molecule has 0 saturated carbocycles. The Morgan fingerprint density at radius 1 is 1.14 bits per heavy atom. The average molecular weight is 395 g/mol. The SMILES string of the molecule is COCCCn1c(=S)[nH]c2cc3c(Nc4ccc(OC)cc4)ncnc3cc21. The molecule has 0 aliphatic rings. The fourth-order valence-corrected chi connectivity index (χ4v) is 3.51. The Morgan fingerprint density at radius 3 is 2.71 bits per heavy atom. The Kier molecular flexibility index (Phi) is 5.23. The monoisotopic (exact) mass is 395 g/mol. The Balaban J connectivity index is 1.73. The number of ether oxygens (including phenoxy) is 2. The quantitative estimate of drug-likeness (QED) is 0.356. The second-order valence-corrected chi connectivity index (χ2v) is 6.78. The third-order valence-electron chi connectivity index (χ3n) is 4.61. The van der Waals surface area contributed by atoms with Gasteiger partial charge in [-0.25, -0.2) is 9.97 Å². The van der Waals surface area contributed by atoms with E-state index in [2.05, 4.69) is 24.8 Å². The number of hydrogen-bond donors (Lipinski definition) is 2. The highest BCUT2D eigenvalue weighted by molar-refractivity contribution is 7.71. The van der Waals surface area contributed by atoms with Crippen LogP contribution in [-0.2, 0) is 11.3 Å². The first kappa shape index (κ1) is 18.4. The summed E-state index contributed by atoms with van der Waals surface area (Å²) in [6, 6.07) is 11.8. The van der Waals surface area contributed by atoms with Crippen molar-refractivity contribution in [3.05, 3.63) is 47.5 Å². The molecule has 144 valence electrons. The van der Waals surface area contributed by atoms with E-state index in [1.807, 2.05) is 36.4 Å². The van der Waals surface area contributed by atoms with Gasteiger partial charge in [-0.05, 0) is 55.0 Å². The molecule has 0 fully saturated rings. The van der Waals surface area contributed by atoms with Crippen LogP contribution in [-0.4, -0.2) is 40.3 Å². The van der Waals surface area contributed by atoms with Crippen LogP contribution in [0.15, 0.2) is 42.7 Å².